The van der Waals surface area contributed by atoms with Crippen LogP contribution in [-0.2, 0) is 20.8 Å². The largest absolute Gasteiger partial charge is 0.610 e. The predicted molar refractivity (Wildman–Crippen MR) is 39.1 cm³/mol. The zero-order valence-electron chi connectivity index (χ0n) is 5.89. The van der Waals surface area contributed by atoms with E-state index in [0.29, 0.717) is 0 Å². The number of β-lactam (4-membered cyclic amide) rings is 1. The summed E-state index contributed by atoms with van der Waals surface area (Å²) in [6, 6.07) is 0. The molecule has 2 aliphatic heterocycles. The van der Waals surface area contributed by atoms with Gasteiger partial charge in [0.2, 0.25) is 11.3 Å². The summed E-state index contributed by atoms with van der Waals surface area (Å²) in [6.45, 7) is 0. The summed E-state index contributed by atoms with van der Waals surface area (Å²) in [6.07, 6.45) is 0.194. The molecule has 6 heteroatoms. The molecule has 5 nitrogen and oxygen atoms in total. The summed E-state index contributed by atoms with van der Waals surface area (Å²) in [4.78, 5) is 22.4. The Labute approximate surface area is 70.8 Å². The molecule has 1 unspecified atom stereocenters. The highest BCUT2D eigenvalue weighted by molar-refractivity contribution is 7.95. The van der Waals surface area contributed by atoms with Gasteiger partial charge in [0.25, 0.3) is 0 Å². The number of aliphatic carboxylic acids is 1. The van der Waals surface area contributed by atoms with Crippen molar-refractivity contribution in [3.8, 4) is 0 Å². The Morgan fingerprint density at radius 3 is 2.92 bits per heavy atom. The minimum Gasteiger partial charge on any atom is -0.610 e. The van der Waals surface area contributed by atoms with Crippen LogP contribution < -0.4 is 0 Å². The van der Waals surface area contributed by atoms with Crippen molar-refractivity contribution in [2.45, 2.75) is 11.8 Å². The van der Waals surface area contributed by atoms with E-state index in [4.69, 9.17) is 5.11 Å². The molecule has 2 heterocycles. The number of carbonyl (C=O) groups excluding carboxylic acids is 1. The summed E-state index contributed by atoms with van der Waals surface area (Å²) in [7, 11) is 0. The molecule has 2 atom stereocenters. The molecule has 0 aromatic carbocycles. The second kappa shape index (κ2) is 2.24. The average Bonchev–Trinajstić information content (AvgIpc) is 2.22. The number of amides is 1. The molecule has 0 aliphatic carbocycles. The Bertz CT molecular complexity index is 300. The van der Waals surface area contributed by atoms with E-state index in [-0.39, 0.29) is 18.0 Å². The van der Waals surface area contributed by atoms with Gasteiger partial charge in [-0.25, -0.2) is 4.79 Å². The predicted octanol–water partition coefficient (Wildman–Crippen LogP) is -0.767. The van der Waals surface area contributed by atoms with Crippen LogP contribution in [0.3, 0.4) is 0 Å². The van der Waals surface area contributed by atoms with Gasteiger partial charge in [-0.3, -0.25) is 9.69 Å². The third-order valence-corrected chi connectivity index (χ3v) is 3.25. The SMILES string of the molecule is O=C(O)C1=C[S+]([O-])[C@H]2CC(=O)N12. The van der Waals surface area contributed by atoms with Crippen molar-refractivity contribution in [2.24, 2.45) is 0 Å². The summed E-state index contributed by atoms with van der Waals surface area (Å²) < 4.78 is 11.1. The molecule has 0 spiro atoms. The Balaban J connectivity index is 2.29. The van der Waals surface area contributed by atoms with Crippen LogP contribution in [0.2, 0.25) is 0 Å². The Kier molecular flexibility index (Phi) is 1.42. The van der Waals surface area contributed by atoms with E-state index in [1.807, 2.05) is 0 Å². The van der Waals surface area contributed by atoms with Crippen LogP contribution in [0.25, 0.3) is 0 Å². The number of carboxylic acid groups (broad SMARTS) is 1. The minimum atomic E-state index is -1.32. The molecule has 2 rings (SSSR count). The number of carboxylic acids is 1. The van der Waals surface area contributed by atoms with Gasteiger partial charge in [-0.1, -0.05) is 0 Å². The molecule has 1 saturated heterocycles. The standard InChI is InChI=1S/C6H5NO4S/c8-4-1-5-7(4)3(6(9)10)2-12(5)11/h2,5H,1H2,(H,9,10)/t5-,12?/m0/s1. The topological polar surface area (TPSA) is 80.7 Å². The fraction of sp³-hybridized carbons (Fsp3) is 0.333. The lowest BCUT2D eigenvalue weighted by Crippen LogP contribution is -2.52. The first-order valence-corrected chi connectivity index (χ1v) is 4.55. The zero-order valence-corrected chi connectivity index (χ0v) is 6.71. The van der Waals surface area contributed by atoms with Crippen molar-refractivity contribution >= 4 is 23.1 Å². The van der Waals surface area contributed by atoms with Gasteiger partial charge >= 0.3 is 5.97 Å². The van der Waals surface area contributed by atoms with Gasteiger partial charge in [-0.05, 0) is 0 Å². The second-order valence-electron chi connectivity index (χ2n) is 2.56. The maximum Gasteiger partial charge on any atom is 0.357 e. The summed E-state index contributed by atoms with van der Waals surface area (Å²) >= 11 is -1.32. The molecule has 0 aromatic heterocycles. The van der Waals surface area contributed by atoms with Crippen LogP contribution >= 0.6 is 0 Å². The van der Waals surface area contributed by atoms with Crippen LogP contribution in [0.1, 0.15) is 6.42 Å². The highest BCUT2D eigenvalue weighted by atomic mass is 32.2. The van der Waals surface area contributed by atoms with Crippen molar-refractivity contribution in [1.82, 2.24) is 4.90 Å². The third-order valence-electron chi connectivity index (χ3n) is 1.88. The number of carbonyl (C=O) groups is 2. The van der Waals surface area contributed by atoms with E-state index in [0.717, 1.165) is 10.3 Å². The van der Waals surface area contributed by atoms with Crippen LogP contribution in [-0.4, -0.2) is 31.8 Å². The van der Waals surface area contributed by atoms with Crippen LogP contribution in [0, 0.1) is 0 Å². The van der Waals surface area contributed by atoms with Crippen LogP contribution in [0.15, 0.2) is 11.1 Å². The third kappa shape index (κ3) is 0.788. The molecule has 1 amide bonds. The highest BCUT2D eigenvalue weighted by Crippen LogP contribution is 2.36. The van der Waals surface area contributed by atoms with E-state index in [1.54, 1.807) is 0 Å². The lowest BCUT2D eigenvalue weighted by molar-refractivity contribution is -0.145. The number of nitrogens with zero attached hydrogens (tertiary/aromatic N) is 1. The van der Waals surface area contributed by atoms with Gasteiger partial charge in [-0.2, -0.15) is 0 Å². The van der Waals surface area contributed by atoms with Crippen molar-refractivity contribution in [2.75, 3.05) is 0 Å². The molecule has 2 aliphatic rings. The molecular weight excluding hydrogens is 182 g/mol. The molecule has 64 valence electrons. The molecule has 1 N–H and O–H groups in total. The summed E-state index contributed by atoms with van der Waals surface area (Å²) in [5.74, 6) is -1.46. The van der Waals surface area contributed by atoms with Gasteiger partial charge < -0.3 is 9.66 Å². The van der Waals surface area contributed by atoms with E-state index in [2.05, 4.69) is 0 Å². The maximum absolute atomic E-state index is 11.1. The zero-order chi connectivity index (χ0) is 8.88. The lowest BCUT2D eigenvalue weighted by atomic mass is 10.2. The fourth-order valence-electron chi connectivity index (χ4n) is 1.26. The van der Waals surface area contributed by atoms with E-state index >= 15 is 0 Å². The quantitative estimate of drug-likeness (QED) is 0.432. The molecule has 0 radical (unpaired) electrons. The number of fused-ring (bicyclic) bond motifs is 1. The summed E-state index contributed by atoms with van der Waals surface area (Å²) in [5.41, 5.74) is -0.144. The average molecular weight is 187 g/mol. The number of hydrogen-bond donors (Lipinski definition) is 1. The first-order valence-electron chi connectivity index (χ1n) is 3.28. The normalized spacial score (nSPS) is 32.6. The Morgan fingerprint density at radius 2 is 2.50 bits per heavy atom. The smallest absolute Gasteiger partial charge is 0.357 e. The lowest BCUT2D eigenvalue weighted by Gasteiger charge is -2.32. The monoisotopic (exact) mass is 187 g/mol. The maximum atomic E-state index is 11.1. The van der Waals surface area contributed by atoms with Crippen molar-refractivity contribution in [3.63, 3.8) is 0 Å². The summed E-state index contributed by atoms with van der Waals surface area (Å²) in [5, 5.41) is 9.28. The van der Waals surface area contributed by atoms with Crippen LogP contribution in [0.4, 0.5) is 0 Å². The number of hydrogen-bond acceptors (Lipinski definition) is 3. The molecule has 12 heavy (non-hydrogen) atoms. The molecule has 0 bridgehead atoms. The first-order chi connectivity index (χ1) is 5.61. The Morgan fingerprint density at radius 1 is 1.83 bits per heavy atom. The van der Waals surface area contributed by atoms with Crippen molar-refractivity contribution < 1.29 is 19.2 Å². The Hall–Kier alpha value is -1.01. The minimum absolute atomic E-state index is 0.144. The molecular formula is C6H5NO4S. The molecule has 0 aromatic rings. The van der Waals surface area contributed by atoms with Gasteiger partial charge in [-0.15, -0.1) is 0 Å². The van der Waals surface area contributed by atoms with E-state index in [1.165, 1.54) is 0 Å². The highest BCUT2D eigenvalue weighted by Gasteiger charge is 2.53. The van der Waals surface area contributed by atoms with Gasteiger partial charge in [0.05, 0.1) is 6.42 Å². The molecule has 1 fully saturated rings. The number of rotatable bonds is 1. The fourth-order valence-corrected chi connectivity index (χ4v) is 2.60. The van der Waals surface area contributed by atoms with Gasteiger partial charge in [0.15, 0.2) is 11.1 Å². The first kappa shape index (κ1) is 7.63. The van der Waals surface area contributed by atoms with E-state index < -0.39 is 22.5 Å². The van der Waals surface area contributed by atoms with Crippen molar-refractivity contribution in [3.05, 3.63) is 11.1 Å². The van der Waals surface area contributed by atoms with Crippen LogP contribution in [0.5, 0.6) is 0 Å². The second-order valence-corrected chi connectivity index (χ2v) is 4.00. The van der Waals surface area contributed by atoms with Crippen molar-refractivity contribution in [1.29, 1.82) is 0 Å². The van der Waals surface area contributed by atoms with Gasteiger partial charge in [0.1, 0.15) is 0 Å². The van der Waals surface area contributed by atoms with E-state index in [9.17, 15) is 14.1 Å². The van der Waals surface area contributed by atoms with Gasteiger partial charge in [0, 0.05) is 11.2 Å². The molecule has 0 saturated carbocycles.